The van der Waals surface area contributed by atoms with Gasteiger partial charge in [0.2, 0.25) is 17.6 Å². The van der Waals surface area contributed by atoms with Gasteiger partial charge in [-0.1, -0.05) is 19.1 Å². The van der Waals surface area contributed by atoms with E-state index in [0.29, 0.717) is 77.0 Å². The number of carbonyl (C=O) groups excluding carboxylic acids is 2. The maximum absolute atomic E-state index is 15.3. The Bertz CT molecular complexity index is 3050. The zero-order valence-electron chi connectivity index (χ0n) is 37.1. The summed E-state index contributed by atoms with van der Waals surface area (Å²) >= 11 is 0. The van der Waals surface area contributed by atoms with E-state index in [2.05, 4.69) is 54.8 Å². The van der Waals surface area contributed by atoms with E-state index in [-0.39, 0.29) is 29.2 Å². The number of hydrogen-bond acceptors (Lipinski definition) is 13. The number of piperazine rings is 1. The number of hydrogen-bond donors (Lipinski definition) is 3. The number of ether oxygens (including phenoxy) is 1. The third kappa shape index (κ3) is 7.22. The lowest BCUT2D eigenvalue weighted by molar-refractivity contribution is -0.134. The Morgan fingerprint density at radius 1 is 0.985 bits per heavy atom. The Labute approximate surface area is 378 Å². The third-order valence-electron chi connectivity index (χ3n) is 14.5. The van der Waals surface area contributed by atoms with Crippen LogP contribution >= 0.6 is 0 Å². The standard InChI is InChI=1S/C47H51F2N13O4/c1-26-23-61(14-13-28(26)24-59-15-17-60(18-16-59)35-6-4-5-31-39(56-58(3)41(31)35)32-10-12-38(63)54-45(32)64)36-20-37(62-44(53-36)29(21-50)22-51-62)52-30-9-11-34-33(19-30)40-42(46(65)57(34)2)66-25-47(48,49)43(55-40)27-7-8-27/h4-6,9,11,19-20,22,26-28,32,43,52,55H,7-8,10,12-18,23-25H2,1-3H3,(H,54,63,64)/t26-,28?,32?,43+/m1/s1. The second kappa shape index (κ2) is 16.0. The molecule has 2 amide bonds. The zero-order chi connectivity index (χ0) is 45.6. The molecule has 2 unspecified atom stereocenters. The molecule has 4 aliphatic heterocycles. The number of imide groups is 1. The van der Waals surface area contributed by atoms with Crippen molar-refractivity contribution >= 4 is 68.0 Å². The first kappa shape index (κ1) is 41.9. The fourth-order valence-electron chi connectivity index (χ4n) is 10.7. The number of amides is 2. The van der Waals surface area contributed by atoms with Gasteiger partial charge in [-0.25, -0.2) is 13.8 Å². The zero-order valence-corrected chi connectivity index (χ0v) is 37.1. The number of halogens is 2. The molecule has 3 N–H and O–H groups in total. The normalized spacial score (nSPS) is 23.6. The van der Waals surface area contributed by atoms with Gasteiger partial charge in [-0.2, -0.15) is 20.0 Å². The number of fused-ring (bicyclic) bond motifs is 5. The number of nitriles is 1. The summed E-state index contributed by atoms with van der Waals surface area (Å²) in [6, 6.07) is 14.6. The molecule has 4 atom stereocenters. The molecule has 19 heteroatoms. The summed E-state index contributed by atoms with van der Waals surface area (Å²) in [6.07, 6.45) is 4.60. The molecule has 2 aromatic carbocycles. The lowest BCUT2D eigenvalue weighted by atomic mass is 9.86. The minimum absolute atomic E-state index is 0.119. The molecule has 4 fully saturated rings. The number of para-hydroxylation sites is 1. The smallest absolute Gasteiger partial charge is 0.301 e. The molecule has 0 radical (unpaired) electrons. The van der Waals surface area contributed by atoms with Crippen LogP contribution in [0.2, 0.25) is 0 Å². The maximum Gasteiger partial charge on any atom is 0.301 e. The highest BCUT2D eigenvalue weighted by Gasteiger charge is 2.51. The first-order chi connectivity index (χ1) is 31.8. The van der Waals surface area contributed by atoms with E-state index in [0.717, 1.165) is 74.5 Å². The SMILES string of the molecule is C[C@@H]1CN(c2cc(Nc3ccc4c(c3)c3c(c(=O)n4C)OCC(F)(F)[C@H](C4CC4)N3)n3ncc(C#N)c3n2)CCC1CN1CCN(c2cccc3c(C4CCC(=O)NC4=O)nn(C)c23)CC1. The molecule has 3 saturated heterocycles. The highest BCUT2D eigenvalue weighted by molar-refractivity contribution is 6.04. The average molecular weight is 900 g/mol. The molecule has 8 heterocycles. The Morgan fingerprint density at radius 2 is 1.80 bits per heavy atom. The molecule has 0 bridgehead atoms. The van der Waals surface area contributed by atoms with Crippen molar-refractivity contribution in [3.8, 4) is 11.8 Å². The van der Waals surface area contributed by atoms with Crippen LogP contribution in [0.1, 0.15) is 56.2 Å². The summed E-state index contributed by atoms with van der Waals surface area (Å²) in [5.41, 5.74) is 4.54. The highest BCUT2D eigenvalue weighted by Crippen LogP contribution is 2.46. The first-order valence-electron chi connectivity index (χ1n) is 22.9. The molecule has 6 aromatic rings. The average Bonchev–Trinajstić information content (AvgIpc) is 4.00. The summed E-state index contributed by atoms with van der Waals surface area (Å²) in [4.78, 5) is 50.2. The predicted octanol–water partition coefficient (Wildman–Crippen LogP) is 5.11. The van der Waals surface area contributed by atoms with Gasteiger partial charge in [0.1, 0.15) is 23.3 Å². The number of nitrogens with one attached hydrogen (secondary N) is 3. The van der Waals surface area contributed by atoms with Gasteiger partial charge in [-0.3, -0.25) is 29.3 Å². The van der Waals surface area contributed by atoms with Gasteiger partial charge in [-0.05, 0) is 67.7 Å². The van der Waals surface area contributed by atoms with E-state index in [1.54, 1.807) is 17.6 Å². The van der Waals surface area contributed by atoms with Crippen molar-refractivity contribution in [1.82, 2.24) is 39.2 Å². The molecule has 11 rings (SSSR count). The van der Waals surface area contributed by atoms with Crippen LogP contribution < -0.4 is 36.0 Å². The number of alkyl halides is 2. The van der Waals surface area contributed by atoms with E-state index < -0.39 is 30.0 Å². The summed E-state index contributed by atoms with van der Waals surface area (Å²) in [5, 5.41) is 29.9. The lowest BCUT2D eigenvalue weighted by Crippen LogP contribution is -2.50. The van der Waals surface area contributed by atoms with Crippen LogP contribution in [0, 0.1) is 29.1 Å². The van der Waals surface area contributed by atoms with Gasteiger partial charge in [0.05, 0.1) is 46.3 Å². The van der Waals surface area contributed by atoms with E-state index in [4.69, 9.17) is 14.8 Å². The highest BCUT2D eigenvalue weighted by atomic mass is 19.3. The predicted molar refractivity (Wildman–Crippen MR) is 245 cm³/mol. The number of carbonyl (C=O) groups is 2. The number of aromatic nitrogens is 6. The topological polar surface area (TPSA) is 183 Å². The lowest BCUT2D eigenvalue weighted by Gasteiger charge is -2.42. The molecule has 4 aromatic heterocycles. The number of anilines is 5. The molecule has 66 heavy (non-hydrogen) atoms. The van der Waals surface area contributed by atoms with Crippen LogP contribution in [-0.2, 0) is 23.7 Å². The fourth-order valence-corrected chi connectivity index (χ4v) is 10.7. The summed E-state index contributed by atoms with van der Waals surface area (Å²) in [6.45, 7) is 7.49. The Balaban J connectivity index is 0.791. The number of rotatable bonds is 8. The molecule has 342 valence electrons. The van der Waals surface area contributed by atoms with Gasteiger partial charge in [0.15, 0.2) is 12.3 Å². The third-order valence-corrected chi connectivity index (χ3v) is 14.5. The minimum atomic E-state index is -3.15. The largest absolute Gasteiger partial charge is 0.480 e. The van der Waals surface area contributed by atoms with E-state index in [1.807, 2.05) is 42.1 Å². The Kier molecular flexibility index (Phi) is 10.1. The first-order valence-corrected chi connectivity index (χ1v) is 22.9. The molecular weight excluding hydrogens is 849 g/mol. The molecule has 1 aliphatic carbocycles. The summed E-state index contributed by atoms with van der Waals surface area (Å²) in [5.74, 6) is -2.34. The van der Waals surface area contributed by atoms with Gasteiger partial charge in [0, 0.05) is 88.9 Å². The quantitative estimate of drug-likeness (QED) is 0.172. The molecule has 0 spiro atoms. The van der Waals surface area contributed by atoms with Gasteiger partial charge < -0.3 is 29.7 Å². The van der Waals surface area contributed by atoms with Gasteiger partial charge in [-0.15, -0.1) is 0 Å². The Hall–Kier alpha value is -6.81. The number of nitrogens with zero attached hydrogens (tertiary/aromatic N) is 10. The second-order valence-electron chi connectivity index (χ2n) is 18.8. The second-order valence-corrected chi connectivity index (χ2v) is 18.8. The van der Waals surface area contributed by atoms with Crippen LogP contribution in [0.5, 0.6) is 5.75 Å². The Morgan fingerprint density at radius 3 is 2.56 bits per heavy atom. The van der Waals surface area contributed by atoms with Crippen LogP contribution in [0.4, 0.5) is 37.5 Å². The summed E-state index contributed by atoms with van der Waals surface area (Å²) < 4.78 is 41.1. The number of piperidine rings is 2. The number of aryl methyl sites for hydroxylation is 2. The van der Waals surface area contributed by atoms with Crippen LogP contribution in [0.15, 0.2) is 53.5 Å². The number of pyridine rings is 1. The van der Waals surface area contributed by atoms with Crippen molar-refractivity contribution in [2.45, 2.75) is 56.9 Å². The molecule has 5 aliphatic rings. The van der Waals surface area contributed by atoms with Crippen molar-refractivity contribution in [2.75, 3.05) is 72.9 Å². The minimum Gasteiger partial charge on any atom is -0.480 e. The van der Waals surface area contributed by atoms with Crippen molar-refractivity contribution in [2.24, 2.45) is 31.8 Å². The van der Waals surface area contributed by atoms with Crippen LogP contribution in [-0.4, -0.2) is 110 Å². The van der Waals surface area contributed by atoms with Crippen LogP contribution in [0.3, 0.4) is 0 Å². The van der Waals surface area contributed by atoms with E-state index in [1.165, 1.54) is 10.8 Å². The van der Waals surface area contributed by atoms with E-state index in [9.17, 15) is 19.6 Å². The maximum atomic E-state index is 15.3. The van der Waals surface area contributed by atoms with Crippen molar-refractivity contribution in [3.63, 3.8) is 0 Å². The number of benzene rings is 2. The van der Waals surface area contributed by atoms with Crippen molar-refractivity contribution < 1.29 is 23.1 Å². The van der Waals surface area contributed by atoms with Crippen molar-refractivity contribution in [1.29, 1.82) is 5.26 Å². The summed E-state index contributed by atoms with van der Waals surface area (Å²) in [7, 11) is 3.53. The molecule has 17 nitrogen and oxygen atoms in total. The van der Waals surface area contributed by atoms with Gasteiger partial charge >= 0.3 is 5.92 Å². The van der Waals surface area contributed by atoms with Crippen LogP contribution in [0.25, 0.3) is 27.5 Å². The fraction of sp³-hybridized carbons (Fsp3) is 0.468. The van der Waals surface area contributed by atoms with Crippen molar-refractivity contribution in [3.05, 3.63) is 70.3 Å². The van der Waals surface area contributed by atoms with Gasteiger partial charge in [0.25, 0.3) is 5.56 Å². The monoisotopic (exact) mass is 899 g/mol. The molecular formula is C47H51F2N13O4. The van der Waals surface area contributed by atoms with E-state index >= 15 is 8.78 Å². The molecule has 1 saturated carbocycles.